The van der Waals surface area contributed by atoms with Gasteiger partial charge in [0.15, 0.2) is 0 Å². The van der Waals surface area contributed by atoms with E-state index < -0.39 is 0 Å². The van der Waals surface area contributed by atoms with Gasteiger partial charge in [-0.1, -0.05) is 0 Å². The van der Waals surface area contributed by atoms with Crippen LogP contribution >= 0.6 is 11.8 Å². The van der Waals surface area contributed by atoms with Crippen molar-refractivity contribution in [3.8, 4) is 0 Å². The predicted molar refractivity (Wildman–Crippen MR) is 66.8 cm³/mol. The van der Waals surface area contributed by atoms with Gasteiger partial charge in [0.25, 0.3) is 0 Å². The number of carbonyl (C=O) groups excluding carboxylic acids is 2. The maximum Gasteiger partial charge on any atom is 0.328 e. The molecular formula is C12H19NO3S. The van der Waals surface area contributed by atoms with E-state index in [9.17, 15) is 9.59 Å². The lowest BCUT2D eigenvalue weighted by Crippen LogP contribution is -2.50. The molecule has 2 aliphatic rings. The lowest BCUT2D eigenvalue weighted by Gasteiger charge is -2.35. The van der Waals surface area contributed by atoms with E-state index in [1.54, 1.807) is 4.90 Å². The van der Waals surface area contributed by atoms with E-state index in [0.29, 0.717) is 6.54 Å². The Kier molecular flexibility index (Phi) is 4.31. The molecule has 1 amide bonds. The molecule has 0 bridgehead atoms. The quantitative estimate of drug-likeness (QED) is 0.699. The number of piperidine rings is 1. The minimum atomic E-state index is -0.341. The molecule has 0 radical (unpaired) electrons. The second-order valence-corrected chi connectivity index (χ2v) is 5.78. The van der Waals surface area contributed by atoms with Crippen molar-refractivity contribution in [2.75, 3.05) is 25.2 Å². The van der Waals surface area contributed by atoms with Crippen LogP contribution in [-0.4, -0.2) is 48.0 Å². The molecule has 2 atom stereocenters. The molecule has 0 aromatic rings. The molecule has 0 aromatic carbocycles. The van der Waals surface area contributed by atoms with Crippen LogP contribution in [0.25, 0.3) is 0 Å². The number of rotatable bonds is 2. The average Bonchev–Trinajstić information content (AvgIpc) is 2.91. The molecule has 0 aliphatic carbocycles. The van der Waals surface area contributed by atoms with Gasteiger partial charge in [-0.3, -0.25) is 4.79 Å². The normalized spacial score (nSPS) is 29.1. The topological polar surface area (TPSA) is 46.6 Å². The van der Waals surface area contributed by atoms with Crippen LogP contribution in [0.1, 0.15) is 25.7 Å². The van der Waals surface area contributed by atoms with Gasteiger partial charge in [-0.15, -0.1) is 0 Å². The fourth-order valence-electron chi connectivity index (χ4n) is 2.54. The Hall–Kier alpha value is -0.710. The molecule has 5 heteroatoms. The van der Waals surface area contributed by atoms with Crippen molar-refractivity contribution in [3.63, 3.8) is 0 Å². The Balaban J connectivity index is 2.04. The third-order valence-corrected chi connectivity index (χ3v) is 4.70. The number of hydrogen-bond acceptors (Lipinski definition) is 4. The third kappa shape index (κ3) is 2.76. The number of hydrogen-bond donors (Lipinski definition) is 0. The second-order valence-electron chi connectivity index (χ2n) is 4.63. The van der Waals surface area contributed by atoms with E-state index in [1.165, 1.54) is 7.11 Å². The minimum Gasteiger partial charge on any atom is -0.467 e. The third-order valence-electron chi connectivity index (χ3n) is 3.54. The standard InChI is InChI=1S/C12H19NO3S/c1-16-12(15)10-4-2-3-6-13(10)11(14)9-5-7-17-8-9/h9-10H,2-8H2,1H3. The Morgan fingerprint density at radius 1 is 1.29 bits per heavy atom. The zero-order valence-electron chi connectivity index (χ0n) is 10.2. The van der Waals surface area contributed by atoms with Gasteiger partial charge >= 0.3 is 5.97 Å². The van der Waals surface area contributed by atoms with Gasteiger partial charge < -0.3 is 9.64 Å². The van der Waals surface area contributed by atoms with Crippen molar-refractivity contribution in [1.29, 1.82) is 0 Å². The zero-order valence-corrected chi connectivity index (χ0v) is 11.0. The zero-order chi connectivity index (χ0) is 12.3. The van der Waals surface area contributed by atoms with Crippen molar-refractivity contribution in [2.45, 2.75) is 31.7 Å². The highest BCUT2D eigenvalue weighted by Gasteiger charge is 2.36. The number of carbonyl (C=O) groups is 2. The van der Waals surface area contributed by atoms with Gasteiger partial charge in [0.05, 0.1) is 7.11 Å². The van der Waals surface area contributed by atoms with Gasteiger partial charge in [0, 0.05) is 18.2 Å². The van der Waals surface area contributed by atoms with Crippen molar-refractivity contribution in [1.82, 2.24) is 4.90 Å². The number of likely N-dealkylation sites (tertiary alicyclic amines) is 1. The lowest BCUT2D eigenvalue weighted by molar-refractivity contribution is -0.156. The molecule has 2 rings (SSSR count). The van der Waals surface area contributed by atoms with Gasteiger partial charge in [0.2, 0.25) is 5.91 Å². The van der Waals surface area contributed by atoms with Crippen LogP contribution in [0, 0.1) is 5.92 Å². The highest BCUT2D eigenvalue weighted by Crippen LogP contribution is 2.28. The molecular weight excluding hydrogens is 238 g/mol. The van der Waals surface area contributed by atoms with E-state index in [4.69, 9.17) is 4.74 Å². The Labute approximate surface area is 106 Å². The maximum atomic E-state index is 12.3. The predicted octanol–water partition coefficient (Wildman–Crippen LogP) is 1.29. The molecule has 0 spiro atoms. The number of amides is 1. The number of esters is 1. The van der Waals surface area contributed by atoms with Crippen LogP contribution in [0.2, 0.25) is 0 Å². The van der Waals surface area contributed by atoms with E-state index in [-0.39, 0.29) is 23.8 Å². The van der Waals surface area contributed by atoms with Crippen molar-refractivity contribution in [3.05, 3.63) is 0 Å². The summed E-state index contributed by atoms with van der Waals surface area (Å²) >= 11 is 1.83. The van der Waals surface area contributed by atoms with Crippen molar-refractivity contribution < 1.29 is 14.3 Å². The van der Waals surface area contributed by atoms with Crippen LogP contribution in [0.3, 0.4) is 0 Å². The van der Waals surface area contributed by atoms with Gasteiger partial charge in [-0.05, 0) is 31.4 Å². The van der Waals surface area contributed by atoms with Gasteiger partial charge in [-0.25, -0.2) is 4.79 Å². The molecule has 0 aromatic heterocycles. The Morgan fingerprint density at radius 2 is 2.12 bits per heavy atom. The minimum absolute atomic E-state index is 0.116. The first kappa shape index (κ1) is 12.7. The number of thioether (sulfide) groups is 1. The Morgan fingerprint density at radius 3 is 2.76 bits per heavy atom. The Bertz CT molecular complexity index is 302. The van der Waals surface area contributed by atoms with Gasteiger partial charge in [-0.2, -0.15) is 11.8 Å². The van der Waals surface area contributed by atoms with E-state index in [0.717, 1.165) is 37.2 Å². The fourth-order valence-corrected chi connectivity index (χ4v) is 3.75. The summed E-state index contributed by atoms with van der Waals surface area (Å²) in [6.07, 6.45) is 3.70. The monoisotopic (exact) mass is 257 g/mol. The number of nitrogens with zero attached hydrogens (tertiary/aromatic N) is 1. The average molecular weight is 257 g/mol. The molecule has 0 N–H and O–H groups in total. The first-order valence-corrected chi connectivity index (χ1v) is 7.35. The van der Waals surface area contributed by atoms with E-state index in [1.807, 2.05) is 11.8 Å². The van der Waals surface area contributed by atoms with Crippen molar-refractivity contribution in [2.24, 2.45) is 5.92 Å². The molecule has 96 valence electrons. The molecule has 2 saturated heterocycles. The smallest absolute Gasteiger partial charge is 0.328 e. The summed E-state index contributed by atoms with van der Waals surface area (Å²) in [5.41, 5.74) is 0. The van der Waals surface area contributed by atoms with Crippen LogP contribution < -0.4 is 0 Å². The summed E-state index contributed by atoms with van der Waals surface area (Å²) in [7, 11) is 1.39. The van der Waals surface area contributed by atoms with E-state index >= 15 is 0 Å². The first-order chi connectivity index (χ1) is 8.24. The number of methoxy groups -OCH3 is 1. The summed E-state index contributed by atoms with van der Waals surface area (Å²) in [5, 5.41) is 0. The summed E-state index contributed by atoms with van der Waals surface area (Å²) in [5.74, 6) is 1.98. The molecule has 4 nitrogen and oxygen atoms in total. The molecule has 2 aliphatic heterocycles. The molecule has 17 heavy (non-hydrogen) atoms. The largest absolute Gasteiger partial charge is 0.467 e. The van der Waals surface area contributed by atoms with E-state index in [2.05, 4.69) is 0 Å². The number of ether oxygens (including phenoxy) is 1. The van der Waals surface area contributed by atoms with Crippen molar-refractivity contribution >= 4 is 23.6 Å². The van der Waals surface area contributed by atoms with Crippen LogP contribution in [0.4, 0.5) is 0 Å². The SMILES string of the molecule is COC(=O)C1CCCCN1C(=O)C1CCSC1. The molecule has 2 unspecified atom stereocenters. The highest BCUT2D eigenvalue weighted by molar-refractivity contribution is 7.99. The fraction of sp³-hybridized carbons (Fsp3) is 0.833. The summed E-state index contributed by atoms with van der Waals surface area (Å²) in [6, 6.07) is -0.341. The highest BCUT2D eigenvalue weighted by atomic mass is 32.2. The molecule has 2 fully saturated rings. The van der Waals surface area contributed by atoms with Crippen LogP contribution in [0.15, 0.2) is 0 Å². The second kappa shape index (κ2) is 5.76. The van der Waals surface area contributed by atoms with Gasteiger partial charge in [0.1, 0.15) is 6.04 Å². The molecule has 0 saturated carbocycles. The van der Waals surface area contributed by atoms with Crippen LogP contribution in [-0.2, 0) is 14.3 Å². The molecule has 2 heterocycles. The lowest BCUT2D eigenvalue weighted by atomic mass is 9.99. The summed E-state index contributed by atoms with van der Waals surface area (Å²) < 4.78 is 4.79. The summed E-state index contributed by atoms with van der Waals surface area (Å²) in [6.45, 7) is 0.708. The summed E-state index contributed by atoms with van der Waals surface area (Å²) in [4.78, 5) is 25.8. The van der Waals surface area contributed by atoms with Crippen LogP contribution in [0.5, 0.6) is 0 Å². The first-order valence-electron chi connectivity index (χ1n) is 6.20. The maximum absolute atomic E-state index is 12.3.